The van der Waals surface area contributed by atoms with Crippen molar-refractivity contribution in [3.05, 3.63) is 0 Å². The van der Waals surface area contributed by atoms with Gasteiger partial charge in [0.2, 0.25) is 0 Å². The van der Waals surface area contributed by atoms with Gasteiger partial charge in [-0.2, -0.15) is 0 Å². The maximum atomic E-state index is 13.1. The Morgan fingerprint density at radius 3 is 0.738 bits per heavy atom. The number of unbranched alkanes of at least 4 members (excludes halogenated alkanes) is 52. The molecule has 0 saturated heterocycles. The van der Waals surface area contributed by atoms with Gasteiger partial charge in [0.05, 0.1) is 26.4 Å². The van der Waals surface area contributed by atoms with Crippen molar-refractivity contribution in [2.24, 2.45) is 11.8 Å². The Morgan fingerprint density at radius 1 is 0.282 bits per heavy atom. The third-order valence-electron chi connectivity index (χ3n) is 20.1. The highest BCUT2D eigenvalue weighted by atomic mass is 31.2. The van der Waals surface area contributed by atoms with E-state index >= 15 is 0 Å². The zero-order chi connectivity index (χ0) is 75.6. The van der Waals surface area contributed by atoms with Crippen LogP contribution in [0, 0.1) is 11.8 Å². The monoisotopic (exact) mass is 1510 g/mol. The number of hydrogen-bond donors (Lipinski definition) is 3. The van der Waals surface area contributed by atoms with E-state index < -0.39 is 97.5 Å². The number of aliphatic hydroxyl groups is 1. The number of phosphoric acid groups is 2. The molecule has 0 aliphatic carbocycles. The first-order chi connectivity index (χ1) is 49.9. The minimum atomic E-state index is -4.96. The van der Waals surface area contributed by atoms with Gasteiger partial charge in [0.15, 0.2) is 12.2 Å². The van der Waals surface area contributed by atoms with Gasteiger partial charge >= 0.3 is 39.5 Å². The average molecular weight is 1510 g/mol. The zero-order valence-electron chi connectivity index (χ0n) is 67.6. The highest BCUT2D eigenvalue weighted by molar-refractivity contribution is 7.47. The van der Waals surface area contributed by atoms with Gasteiger partial charge in [-0.3, -0.25) is 37.3 Å². The van der Waals surface area contributed by atoms with Gasteiger partial charge in [0.25, 0.3) is 0 Å². The molecule has 0 aromatic rings. The minimum absolute atomic E-state index is 0.108. The van der Waals surface area contributed by atoms with E-state index in [0.717, 1.165) is 102 Å². The van der Waals surface area contributed by atoms with Crippen LogP contribution < -0.4 is 0 Å². The second-order valence-electron chi connectivity index (χ2n) is 30.9. The van der Waals surface area contributed by atoms with Crippen molar-refractivity contribution in [2.45, 2.75) is 464 Å². The molecule has 0 fully saturated rings. The summed E-state index contributed by atoms with van der Waals surface area (Å²) in [4.78, 5) is 73.1. The lowest BCUT2D eigenvalue weighted by atomic mass is 9.99. The molecule has 6 atom stereocenters. The summed E-state index contributed by atoms with van der Waals surface area (Å²) in [6.07, 6.45) is 66.5. The van der Waals surface area contributed by atoms with Crippen LogP contribution in [0.15, 0.2) is 0 Å². The fraction of sp³-hybridized carbons (Fsp3) is 0.952. The maximum Gasteiger partial charge on any atom is 0.472 e. The van der Waals surface area contributed by atoms with Gasteiger partial charge in [-0.1, -0.05) is 395 Å². The molecule has 0 aliphatic rings. The second-order valence-corrected chi connectivity index (χ2v) is 33.8. The first-order valence-corrected chi connectivity index (χ1v) is 46.5. The predicted molar refractivity (Wildman–Crippen MR) is 423 cm³/mol. The first-order valence-electron chi connectivity index (χ1n) is 43.5. The van der Waals surface area contributed by atoms with E-state index in [1.54, 1.807) is 0 Å². The molecule has 0 aliphatic heterocycles. The number of hydrogen-bond acceptors (Lipinski definition) is 15. The summed E-state index contributed by atoms with van der Waals surface area (Å²) in [7, 11) is -9.92. The fourth-order valence-electron chi connectivity index (χ4n) is 13.0. The SMILES string of the molecule is CCCCCCCCCCCCCCCCCCCCC(=O)OC[C@H](COP(=O)(O)OC[C@@H](O)COP(=O)(O)OC[C@@H](COC(=O)CCCCCCCCCCCC)OC(=O)CCCCCCCCCCCCCCCCC(C)C)OC(=O)CCCCCCCCCCCCCCCCC(C)CC. The van der Waals surface area contributed by atoms with Crippen molar-refractivity contribution in [2.75, 3.05) is 39.6 Å². The molecule has 0 radical (unpaired) electrons. The average Bonchev–Trinajstić information content (AvgIpc) is 0.926. The van der Waals surface area contributed by atoms with Crippen molar-refractivity contribution >= 4 is 39.5 Å². The number of ether oxygens (including phenoxy) is 4. The smallest absolute Gasteiger partial charge is 0.462 e. The lowest BCUT2D eigenvalue weighted by Gasteiger charge is -2.21. The van der Waals surface area contributed by atoms with Crippen LogP contribution in [0.3, 0.4) is 0 Å². The van der Waals surface area contributed by atoms with Gasteiger partial charge in [-0.15, -0.1) is 0 Å². The van der Waals surface area contributed by atoms with Gasteiger partial charge in [-0.05, 0) is 37.5 Å². The third-order valence-corrected chi connectivity index (χ3v) is 22.0. The molecule has 0 rings (SSSR count). The summed E-state index contributed by atoms with van der Waals surface area (Å²) >= 11 is 0. The molecule has 19 heteroatoms. The lowest BCUT2D eigenvalue weighted by Crippen LogP contribution is -2.30. The van der Waals surface area contributed by atoms with Crippen LogP contribution in [0.2, 0.25) is 0 Å². The Labute approximate surface area is 632 Å². The van der Waals surface area contributed by atoms with Gasteiger partial charge in [0.1, 0.15) is 19.3 Å². The molecule has 3 unspecified atom stereocenters. The Bertz CT molecular complexity index is 1980. The van der Waals surface area contributed by atoms with Crippen LogP contribution in [0.25, 0.3) is 0 Å². The Balaban J connectivity index is 5.24. The largest absolute Gasteiger partial charge is 0.472 e. The van der Waals surface area contributed by atoms with Crippen LogP contribution in [0.1, 0.15) is 446 Å². The number of rotatable bonds is 83. The highest BCUT2D eigenvalue weighted by Gasteiger charge is 2.30. The third kappa shape index (κ3) is 76.6. The number of carbonyl (C=O) groups is 4. The number of aliphatic hydroxyl groups excluding tert-OH is 1. The minimum Gasteiger partial charge on any atom is -0.462 e. The van der Waals surface area contributed by atoms with E-state index in [1.165, 1.54) is 263 Å². The van der Waals surface area contributed by atoms with Gasteiger partial charge in [-0.25, -0.2) is 9.13 Å². The molecule has 0 aromatic heterocycles. The number of carbonyl (C=O) groups excluding carboxylic acids is 4. The molecule has 103 heavy (non-hydrogen) atoms. The molecule has 0 spiro atoms. The Kier molecular flexibility index (Phi) is 74.1. The van der Waals surface area contributed by atoms with Crippen molar-refractivity contribution < 1.29 is 80.2 Å². The normalized spacial score (nSPS) is 14.1. The second kappa shape index (κ2) is 75.5. The molecule has 0 heterocycles. The summed E-state index contributed by atoms with van der Waals surface area (Å²) in [6.45, 7) is 9.73. The topological polar surface area (TPSA) is 237 Å². The van der Waals surface area contributed by atoms with E-state index in [0.29, 0.717) is 25.7 Å². The van der Waals surface area contributed by atoms with Crippen LogP contribution >= 0.6 is 15.6 Å². The molecule has 0 amide bonds. The van der Waals surface area contributed by atoms with Crippen molar-refractivity contribution in [3.63, 3.8) is 0 Å². The summed E-state index contributed by atoms with van der Waals surface area (Å²) in [5.41, 5.74) is 0. The van der Waals surface area contributed by atoms with E-state index in [9.17, 15) is 43.2 Å². The van der Waals surface area contributed by atoms with Gasteiger partial charge < -0.3 is 33.8 Å². The van der Waals surface area contributed by atoms with Crippen LogP contribution in [0.5, 0.6) is 0 Å². The number of phosphoric ester groups is 2. The van der Waals surface area contributed by atoms with Crippen LogP contribution in [-0.2, 0) is 65.4 Å². The number of esters is 4. The van der Waals surface area contributed by atoms with E-state index in [-0.39, 0.29) is 25.7 Å². The molecule has 0 bridgehead atoms. The molecule has 612 valence electrons. The Hall–Kier alpha value is -1.94. The van der Waals surface area contributed by atoms with E-state index in [4.69, 9.17) is 37.0 Å². The van der Waals surface area contributed by atoms with E-state index in [2.05, 4.69) is 41.5 Å². The first kappa shape index (κ1) is 101. The highest BCUT2D eigenvalue weighted by Crippen LogP contribution is 2.45. The standard InChI is InChI=1S/C84H164O17P2/c1-7-10-12-14-16-18-20-21-22-23-24-25-32-37-43-49-55-61-67-82(87)95-73-80(101-84(89)69-63-57-51-45-39-34-29-27-31-36-41-47-53-59-65-77(6)9-3)75-99-103(92,93)97-71-78(85)70-96-102(90,91)98-74-79(72-94-81(86)66-60-54-48-42-19-17-15-13-11-8-2)100-83(88)68-62-56-50-44-38-33-28-26-30-35-40-46-52-58-64-76(4)5/h76-80,85H,7-75H2,1-6H3,(H,90,91)(H,92,93)/t77?,78-,79+,80+/m0/s1. The summed E-state index contributed by atoms with van der Waals surface area (Å²) < 4.78 is 68.8. The maximum absolute atomic E-state index is 13.1. The molecule has 17 nitrogen and oxygen atoms in total. The molecule has 0 aromatic carbocycles. The molecular formula is C84H164O17P2. The molecule has 3 N–H and O–H groups in total. The van der Waals surface area contributed by atoms with Crippen LogP contribution in [-0.4, -0.2) is 96.7 Å². The fourth-order valence-corrected chi connectivity index (χ4v) is 14.6. The van der Waals surface area contributed by atoms with E-state index in [1.807, 2.05) is 0 Å². The zero-order valence-corrected chi connectivity index (χ0v) is 69.4. The quantitative estimate of drug-likeness (QED) is 0.0222. The van der Waals surface area contributed by atoms with Crippen molar-refractivity contribution in [3.8, 4) is 0 Å². The predicted octanol–water partition coefficient (Wildman–Crippen LogP) is 25.5. The van der Waals surface area contributed by atoms with Crippen LogP contribution in [0.4, 0.5) is 0 Å². The lowest BCUT2D eigenvalue weighted by molar-refractivity contribution is -0.161. The summed E-state index contributed by atoms with van der Waals surface area (Å²) in [6, 6.07) is 0. The summed E-state index contributed by atoms with van der Waals surface area (Å²) in [5, 5.41) is 10.7. The Morgan fingerprint density at radius 2 is 0.495 bits per heavy atom. The van der Waals surface area contributed by atoms with Crippen molar-refractivity contribution in [1.82, 2.24) is 0 Å². The van der Waals surface area contributed by atoms with Gasteiger partial charge in [0, 0.05) is 25.7 Å². The molecular weight excluding hydrogens is 1340 g/mol. The van der Waals surface area contributed by atoms with Crippen molar-refractivity contribution in [1.29, 1.82) is 0 Å². The molecule has 0 saturated carbocycles. The summed E-state index contributed by atoms with van der Waals surface area (Å²) in [5.74, 6) is -0.462.